The molecule has 0 radical (unpaired) electrons. The molecule has 128 valence electrons. The number of hydrogen-bond acceptors (Lipinski definition) is 2. The van der Waals surface area contributed by atoms with E-state index in [0.717, 1.165) is 30.0 Å². The number of unbranched alkanes of at least 4 members (excludes halogenated alkanes) is 3. The fourth-order valence-corrected chi connectivity index (χ4v) is 5.12. The number of benzene rings is 2. The van der Waals surface area contributed by atoms with Crippen molar-refractivity contribution in [1.29, 1.82) is 0 Å². The minimum Gasteiger partial charge on any atom is -0.480 e. The first kappa shape index (κ1) is 18.6. The van der Waals surface area contributed by atoms with E-state index in [-0.39, 0.29) is 0 Å². The minimum atomic E-state index is -0.989. The Balaban J connectivity index is 2.21. The monoisotopic (exact) mass is 343 g/mol. The lowest BCUT2D eigenvalue weighted by Crippen LogP contribution is -2.40. The average molecular weight is 343 g/mol. The molecular formula is C20H26NO2P. The topological polar surface area (TPSA) is 49.3 Å². The van der Waals surface area contributed by atoms with Crippen molar-refractivity contribution in [2.24, 2.45) is 0 Å². The van der Waals surface area contributed by atoms with Gasteiger partial charge in [-0.25, -0.2) is 0 Å². The van der Waals surface area contributed by atoms with Crippen LogP contribution in [0.1, 0.15) is 32.6 Å². The molecule has 0 aliphatic heterocycles. The number of carboxylic acids is 1. The van der Waals surface area contributed by atoms with E-state index in [1.807, 2.05) is 60.7 Å². The summed E-state index contributed by atoms with van der Waals surface area (Å²) in [6.07, 6.45) is 4.55. The molecule has 24 heavy (non-hydrogen) atoms. The molecule has 2 rings (SSSR count). The quantitative estimate of drug-likeness (QED) is 0.511. The van der Waals surface area contributed by atoms with Gasteiger partial charge in [-0.3, -0.25) is 4.79 Å². The van der Waals surface area contributed by atoms with Gasteiger partial charge in [-0.2, -0.15) is 0 Å². The van der Waals surface area contributed by atoms with Gasteiger partial charge in [0.2, 0.25) is 0 Å². The van der Waals surface area contributed by atoms with Gasteiger partial charge in [0, 0.05) is 0 Å². The van der Waals surface area contributed by atoms with Crippen molar-refractivity contribution in [3.05, 3.63) is 60.7 Å². The van der Waals surface area contributed by atoms with E-state index in [0.29, 0.717) is 0 Å². The molecule has 0 aliphatic rings. The summed E-state index contributed by atoms with van der Waals surface area (Å²) in [7, 11) is -0.989. The van der Waals surface area contributed by atoms with Gasteiger partial charge in [0.25, 0.3) is 0 Å². The van der Waals surface area contributed by atoms with Gasteiger partial charge < -0.3 is 10.4 Å². The van der Waals surface area contributed by atoms with Crippen molar-refractivity contribution in [2.75, 3.05) is 6.54 Å². The second kappa shape index (κ2) is 10.2. The largest absolute Gasteiger partial charge is 0.480 e. The molecule has 1 atom stereocenters. The highest BCUT2D eigenvalue weighted by Gasteiger charge is 2.29. The maximum absolute atomic E-state index is 12.0. The van der Waals surface area contributed by atoms with Crippen molar-refractivity contribution in [3.8, 4) is 0 Å². The number of aliphatic carboxylic acids is 1. The van der Waals surface area contributed by atoms with E-state index < -0.39 is 19.7 Å². The predicted octanol–water partition coefficient (Wildman–Crippen LogP) is 3.70. The van der Waals surface area contributed by atoms with Crippen LogP contribution >= 0.6 is 7.92 Å². The average Bonchev–Trinajstić information content (AvgIpc) is 2.62. The first-order valence-corrected chi connectivity index (χ1v) is 10.0. The summed E-state index contributed by atoms with van der Waals surface area (Å²) in [4.78, 5) is 12.0. The van der Waals surface area contributed by atoms with E-state index in [2.05, 4.69) is 12.2 Å². The summed E-state index contributed by atoms with van der Waals surface area (Å²) < 4.78 is 0. The third-order valence-corrected chi connectivity index (χ3v) is 6.56. The van der Waals surface area contributed by atoms with E-state index in [1.54, 1.807) is 0 Å². The maximum Gasteiger partial charge on any atom is 0.325 e. The molecule has 2 aromatic carbocycles. The molecule has 0 heterocycles. The number of carbonyl (C=O) groups is 1. The fraction of sp³-hybridized carbons (Fsp3) is 0.350. The third kappa shape index (κ3) is 5.43. The lowest BCUT2D eigenvalue weighted by Gasteiger charge is -2.26. The van der Waals surface area contributed by atoms with Crippen molar-refractivity contribution in [3.63, 3.8) is 0 Å². The Morgan fingerprint density at radius 1 is 0.958 bits per heavy atom. The first-order valence-electron chi connectivity index (χ1n) is 8.59. The zero-order valence-electron chi connectivity index (χ0n) is 14.2. The normalized spacial score (nSPS) is 12.2. The third-order valence-electron chi connectivity index (χ3n) is 3.93. The van der Waals surface area contributed by atoms with Crippen LogP contribution in [-0.4, -0.2) is 23.4 Å². The zero-order chi connectivity index (χ0) is 17.2. The Morgan fingerprint density at radius 2 is 1.50 bits per heavy atom. The van der Waals surface area contributed by atoms with Gasteiger partial charge in [0.05, 0.1) is 0 Å². The highest BCUT2D eigenvalue weighted by Crippen LogP contribution is 2.38. The molecule has 0 aliphatic carbocycles. The lowest BCUT2D eigenvalue weighted by atomic mass is 10.2. The highest BCUT2D eigenvalue weighted by molar-refractivity contribution is 7.74. The molecule has 0 aromatic heterocycles. The molecule has 2 aromatic rings. The van der Waals surface area contributed by atoms with Crippen molar-refractivity contribution >= 4 is 24.5 Å². The standard InChI is InChI=1S/C20H26NO2P/c1-2-3-4-11-16-21-19(20(22)23)24(17-12-7-5-8-13-17)18-14-9-6-10-15-18/h5-10,12-15,19,21H,2-4,11,16H2,1H3,(H,22,23). The van der Waals surface area contributed by atoms with Crippen LogP contribution in [0.3, 0.4) is 0 Å². The summed E-state index contributed by atoms with van der Waals surface area (Å²) in [6.45, 7) is 2.92. The number of nitrogens with one attached hydrogen (secondary N) is 1. The molecule has 0 saturated carbocycles. The van der Waals surface area contributed by atoms with Crippen LogP contribution in [0.5, 0.6) is 0 Å². The van der Waals surface area contributed by atoms with Crippen molar-refractivity contribution < 1.29 is 9.90 Å². The number of carboxylic acid groups (broad SMARTS) is 1. The van der Waals surface area contributed by atoms with Crippen LogP contribution in [0, 0.1) is 0 Å². The summed E-state index contributed by atoms with van der Waals surface area (Å²) >= 11 is 0. The Kier molecular flexibility index (Phi) is 7.94. The molecule has 0 amide bonds. The summed E-state index contributed by atoms with van der Waals surface area (Å²) in [5, 5.41) is 15.3. The summed E-state index contributed by atoms with van der Waals surface area (Å²) in [6, 6.07) is 20.0. The van der Waals surface area contributed by atoms with Gasteiger partial charge in [-0.1, -0.05) is 86.8 Å². The van der Waals surface area contributed by atoms with Gasteiger partial charge in [-0.15, -0.1) is 0 Å². The molecule has 4 heteroatoms. The van der Waals surface area contributed by atoms with Crippen LogP contribution in [-0.2, 0) is 4.79 Å². The second-order valence-corrected chi connectivity index (χ2v) is 8.09. The molecule has 0 spiro atoms. The Hall–Kier alpha value is -1.70. The SMILES string of the molecule is CCCCCCNC(C(=O)O)P(c1ccccc1)c1ccccc1. The van der Waals surface area contributed by atoms with Crippen molar-refractivity contribution in [2.45, 2.75) is 38.4 Å². The molecule has 0 fully saturated rings. The summed E-state index contributed by atoms with van der Waals surface area (Å²) in [5.74, 6) is -1.34. The van der Waals surface area contributed by atoms with E-state index in [1.165, 1.54) is 12.8 Å². The molecular weight excluding hydrogens is 317 g/mol. The zero-order valence-corrected chi connectivity index (χ0v) is 15.1. The maximum atomic E-state index is 12.0. The summed E-state index contributed by atoms with van der Waals surface area (Å²) in [5.41, 5.74) is 0. The van der Waals surface area contributed by atoms with E-state index in [9.17, 15) is 9.90 Å². The minimum absolute atomic E-state index is 0.563. The highest BCUT2D eigenvalue weighted by atomic mass is 31.1. The van der Waals surface area contributed by atoms with Crippen LogP contribution in [0.4, 0.5) is 0 Å². The van der Waals surface area contributed by atoms with Gasteiger partial charge >= 0.3 is 5.97 Å². The van der Waals surface area contributed by atoms with E-state index in [4.69, 9.17) is 0 Å². The van der Waals surface area contributed by atoms with Gasteiger partial charge in [0.1, 0.15) is 5.78 Å². The van der Waals surface area contributed by atoms with E-state index >= 15 is 0 Å². The Morgan fingerprint density at radius 3 is 1.96 bits per heavy atom. The van der Waals surface area contributed by atoms with Crippen molar-refractivity contribution in [1.82, 2.24) is 5.32 Å². The Bertz CT molecular complexity index is 564. The number of hydrogen-bond donors (Lipinski definition) is 2. The number of rotatable bonds is 10. The van der Waals surface area contributed by atoms with Crippen LogP contribution < -0.4 is 15.9 Å². The first-order chi connectivity index (χ1) is 11.7. The molecule has 1 unspecified atom stereocenters. The van der Waals surface area contributed by atoms with Crippen LogP contribution in [0.2, 0.25) is 0 Å². The molecule has 0 saturated heterocycles. The molecule has 0 bridgehead atoms. The fourth-order valence-electron chi connectivity index (χ4n) is 2.70. The lowest BCUT2D eigenvalue weighted by molar-refractivity contribution is -0.137. The Labute approximate surface area is 145 Å². The molecule has 3 nitrogen and oxygen atoms in total. The predicted molar refractivity (Wildman–Crippen MR) is 103 cm³/mol. The van der Waals surface area contributed by atoms with Gasteiger partial charge in [0.15, 0.2) is 0 Å². The smallest absolute Gasteiger partial charge is 0.325 e. The molecule has 2 N–H and O–H groups in total. The van der Waals surface area contributed by atoms with Crippen LogP contribution in [0.15, 0.2) is 60.7 Å². The van der Waals surface area contributed by atoms with Crippen LogP contribution in [0.25, 0.3) is 0 Å². The van der Waals surface area contributed by atoms with Gasteiger partial charge in [-0.05, 0) is 31.5 Å². The second-order valence-electron chi connectivity index (χ2n) is 5.80.